The molecule has 0 amide bonds. The van der Waals surface area contributed by atoms with Gasteiger partial charge in [-0.05, 0) is 30.5 Å². The molecule has 0 atom stereocenters. The van der Waals surface area contributed by atoms with Gasteiger partial charge in [-0.1, -0.05) is 37.3 Å². The second kappa shape index (κ2) is 8.30. The number of aromatic nitrogens is 3. The number of esters is 1. The van der Waals surface area contributed by atoms with Crippen molar-refractivity contribution in [2.24, 2.45) is 5.92 Å². The summed E-state index contributed by atoms with van der Waals surface area (Å²) in [6.45, 7) is 5.83. The van der Waals surface area contributed by atoms with Gasteiger partial charge in [0.25, 0.3) is 5.56 Å². The van der Waals surface area contributed by atoms with Crippen LogP contribution in [0, 0.1) is 12.8 Å². The quantitative estimate of drug-likeness (QED) is 0.580. The molecule has 2 aromatic heterocycles. The van der Waals surface area contributed by atoms with Crippen LogP contribution in [-0.4, -0.2) is 27.2 Å². The lowest BCUT2D eigenvalue weighted by Gasteiger charge is -2.07. The smallest absolute Gasteiger partial charge is 0.344 e. The molecule has 0 N–H and O–H groups in total. The predicted octanol–water partition coefficient (Wildman–Crippen LogP) is 2.78. The van der Waals surface area contributed by atoms with Crippen LogP contribution < -0.4 is 10.3 Å². The van der Waals surface area contributed by atoms with E-state index in [-0.39, 0.29) is 18.8 Å². The largest absolute Gasteiger partial charge is 0.482 e. The Morgan fingerprint density at radius 1 is 1.30 bits per heavy atom. The van der Waals surface area contributed by atoms with Crippen molar-refractivity contribution >= 4 is 22.3 Å². The van der Waals surface area contributed by atoms with Crippen molar-refractivity contribution in [1.82, 2.24) is 14.6 Å². The van der Waals surface area contributed by atoms with Gasteiger partial charge in [-0.15, -0.1) is 0 Å². The third-order valence-electron chi connectivity index (χ3n) is 3.65. The van der Waals surface area contributed by atoms with Crippen LogP contribution in [0.25, 0.3) is 4.96 Å². The van der Waals surface area contributed by atoms with Gasteiger partial charge in [0.1, 0.15) is 17.4 Å². The summed E-state index contributed by atoms with van der Waals surface area (Å²) in [4.78, 5) is 28.9. The number of nitrogens with zero attached hydrogens (tertiary/aromatic N) is 3. The number of carbonyl (C=O) groups is 1. The molecule has 0 aliphatic carbocycles. The topological polar surface area (TPSA) is 82.8 Å². The third-order valence-corrected chi connectivity index (χ3v) is 4.58. The number of carbonyl (C=O) groups excluding carboxylic acids is 1. The first kappa shape index (κ1) is 19.0. The first-order chi connectivity index (χ1) is 12.9. The number of ether oxygens (including phenoxy) is 2. The summed E-state index contributed by atoms with van der Waals surface area (Å²) in [5.74, 6) is 0.519. The van der Waals surface area contributed by atoms with E-state index in [1.165, 1.54) is 21.9 Å². The van der Waals surface area contributed by atoms with E-state index in [0.29, 0.717) is 22.3 Å². The van der Waals surface area contributed by atoms with Crippen LogP contribution in [0.4, 0.5) is 0 Å². The molecule has 7 nitrogen and oxygen atoms in total. The van der Waals surface area contributed by atoms with Gasteiger partial charge in [0.2, 0.25) is 4.96 Å². The minimum Gasteiger partial charge on any atom is -0.482 e. The van der Waals surface area contributed by atoms with Crippen LogP contribution in [0.5, 0.6) is 5.75 Å². The molecule has 27 heavy (non-hydrogen) atoms. The zero-order chi connectivity index (χ0) is 19.4. The molecular formula is C19H21N3O4S. The summed E-state index contributed by atoms with van der Waals surface area (Å²) < 4.78 is 11.9. The fourth-order valence-electron chi connectivity index (χ4n) is 2.45. The molecule has 0 aliphatic heterocycles. The summed E-state index contributed by atoms with van der Waals surface area (Å²) in [5, 5.41) is 5.15. The van der Waals surface area contributed by atoms with Gasteiger partial charge in [-0.25, -0.2) is 9.78 Å². The van der Waals surface area contributed by atoms with E-state index in [1.807, 2.05) is 25.1 Å². The average Bonchev–Trinajstić information content (AvgIpc) is 3.00. The number of hydrogen-bond donors (Lipinski definition) is 0. The Hall–Kier alpha value is -2.74. The van der Waals surface area contributed by atoms with Gasteiger partial charge in [0.05, 0.1) is 5.69 Å². The summed E-state index contributed by atoms with van der Waals surface area (Å²) in [5.41, 5.74) is 1.15. The SMILES string of the molecule is Cc1cccc(OCC(=O)OCc2cc(=O)n3nc(CC(C)C)sc3n2)c1. The molecule has 0 spiro atoms. The molecule has 1 aromatic carbocycles. The lowest BCUT2D eigenvalue weighted by molar-refractivity contribution is -0.147. The Morgan fingerprint density at radius 2 is 2.11 bits per heavy atom. The number of benzene rings is 1. The number of aryl methyl sites for hydroxylation is 1. The highest BCUT2D eigenvalue weighted by Crippen LogP contribution is 2.16. The summed E-state index contributed by atoms with van der Waals surface area (Å²) in [6.07, 6.45) is 0.786. The van der Waals surface area contributed by atoms with E-state index < -0.39 is 5.97 Å². The van der Waals surface area contributed by atoms with Crippen LogP contribution in [0.15, 0.2) is 35.1 Å². The van der Waals surface area contributed by atoms with E-state index in [1.54, 1.807) is 6.07 Å². The minimum atomic E-state index is -0.525. The van der Waals surface area contributed by atoms with Crippen molar-refractivity contribution in [3.05, 3.63) is 57.0 Å². The van der Waals surface area contributed by atoms with Crippen molar-refractivity contribution in [2.75, 3.05) is 6.61 Å². The van der Waals surface area contributed by atoms with Crippen LogP contribution in [-0.2, 0) is 22.6 Å². The Kier molecular flexibility index (Phi) is 5.85. The predicted molar refractivity (Wildman–Crippen MR) is 102 cm³/mol. The van der Waals surface area contributed by atoms with E-state index >= 15 is 0 Å². The maximum Gasteiger partial charge on any atom is 0.344 e. The lowest BCUT2D eigenvalue weighted by atomic mass is 10.1. The van der Waals surface area contributed by atoms with Crippen molar-refractivity contribution in [3.63, 3.8) is 0 Å². The molecule has 0 saturated carbocycles. The molecular weight excluding hydrogens is 366 g/mol. The fourth-order valence-corrected chi connectivity index (χ4v) is 3.58. The highest BCUT2D eigenvalue weighted by Gasteiger charge is 2.12. The summed E-state index contributed by atoms with van der Waals surface area (Å²) in [6, 6.07) is 8.74. The van der Waals surface area contributed by atoms with Gasteiger partial charge in [0, 0.05) is 12.5 Å². The van der Waals surface area contributed by atoms with Crippen molar-refractivity contribution in [1.29, 1.82) is 0 Å². The van der Waals surface area contributed by atoms with E-state index in [0.717, 1.165) is 17.0 Å². The van der Waals surface area contributed by atoms with Crippen molar-refractivity contribution < 1.29 is 14.3 Å². The summed E-state index contributed by atoms with van der Waals surface area (Å²) >= 11 is 1.37. The summed E-state index contributed by atoms with van der Waals surface area (Å²) in [7, 11) is 0. The molecule has 3 aromatic rings. The Morgan fingerprint density at radius 3 is 2.85 bits per heavy atom. The van der Waals surface area contributed by atoms with Crippen LogP contribution >= 0.6 is 11.3 Å². The monoisotopic (exact) mass is 387 g/mol. The van der Waals surface area contributed by atoms with Crippen LogP contribution in [0.1, 0.15) is 30.1 Å². The Balaban J connectivity index is 1.60. The zero-order valence-corrected chi connectivity index (χ0v) is 16.3. The zero-order valence-electron chi connectivity index (χ0n) is 15.5. The molecule has 0 saturated heterocycles. The third kappa shape index (κ3) is 5.13. The second-order valence-corrected chi connectivity index (χ2v) is 7.68. The van der Waals surface area contributed by atoms with Crippen LogP contribution in [0.2, 0.25) is 0 Å². The molecule has 142 valence electrons. The van der Waals surface area contributed by atoms with Crippen LogP contribution in [0.3, 0.4) is 0 Å². The number of rotatable bonds is 7. The Bertz CT molecular complexity index is 1010. The first-order valence-electron chi connectivity index (χ1n) is 8.64. The molecule has 8 heteroatoms. The average molecular weight is 387 g/mol. The minimum absolute atomic E-state index is 0.0842. The van der Waals surface area contributed by atoms with E-state index in [2.05, 4.69) is 23.9 Å². The lowest BCUT2D eigenvalue weighted by Crippen LogP contribution is -2.18. The standard InChI is InChI=1S/C19H21N3O4S/c1-12(2)7-16-21-22-17(23)9-14(20-19(22)27-16)10-26-18(24)11-25-15-6-4-5-13(3)8-15/h4-6,8-9,12H,7,10-11H2,1-3H3. The van der Waals surface area contributed by atoms with Gasteiger partial charge >= 0.3 is 5.97 Å². The van der Waals surface area contributed by atoms with Gasteiger partial charge in [-0.3, -0.25) is 4.79 Å². The van der Waals surface area contributed by atoms with Gasteiger partial charge in [-0.2, -0.15) is 9.61 Å². The van der Waals surface area contributed by atoms with Gasteiger partial charge < -0.3 is 9.47 Å². The number of hydrogen-bond acceptors (Lipinski definition) is 7. The number of fused-ring (bicyclic) bond motifs is 1. The van der Waals surface area contributed by atoms with E-state index in [4.69, 9.17) is 9.47 Å². The highest BCUT2D eigenvalue weighted by molar-refractivity contribution is 7.16. The molecule has 0 radical (unpaired) electrons. The molecule has 0 bridgehead atoms. The normalized spacial score (nSPS) is 11.1. The van der Waals surface area contributed by atoms with E-state index in [9.17, 15) is 9.59 Å². The van der Waals surface area contributed by atoms with Gasteiger partial charge in [0.15, 0.2) is 6.61 Å². The van der Waals surface area contributed by atoms with Crippen molar-refractivity contribution in [2.45, 2.75) is 33.8 Å². The van der Waals surface area contributed by atoms with Crippen molar-refractivity contribution in [3.8, 4) is 5.75 Å². The maximum absolute atomic E-state index is 12.2. The molecule has 2 heterocycles. The molecule has 0 unspecified atom stereocenters. The second-order valence-electron chi connectivity index (χ2n) is 6.64. The molecule has 0 fully saturated rings. The maximum atomic E-state index is 12.2. The fraction of sp³-hybridized carbons (Fsp3) is 0.368. The highest BCUT2D eigenvalue weighted by atomic mass is 32.1. The first-order valence-corrected chi connectivity index (χ1v) is 9.46. The Labute approximate surface area is 160 Å². The molecule has 0 aliphatic rings. The molecule has 3 rings (SSSR count).